The van der Waals surface area contributed by atoms with E-state index in [-0.39, 0.29) is 11.7 Å². The van der Waals surface area contributed by atoms with Crippen LogP contribution in [0.2, 0.25) is 0 Å². The number of rotatable bonds is 5. The van der Waals surface area contributed by atoms with Crippen molar-refractivity contribution in [1.29, 1.82) is 0 Å². The molecule has 0 aliphatic heterocycles. The number of para-hydroxylation sites is 1. The number of amides is 1. The fourth-order valence-corrected chi connectivity index (χ4v) is 3.15. The predicted molar refractivity (Wildman–Crippen MR) is 81.8 cm³/mol. The average Bonchev–Trinajstić information content (AvgIpc) is 2.90. The van der Waals surface area contributed by atoms with Crippen LogP contribution in [0.4, 0.5) is 5.69 Å². The number of nitrogens with one attached hydrogen (secondary N) is 1. The largest absolute Gasteiger partial charge is 0.465 e. The number of hydrogen-bond acceptors (Lipinski definition) is 7. The molecule has 0 bridgehead atoms. The van der Waals surface area contributed by atoms with Crippen molar-refractivity contribution in [1.82, 2.24) is 10.2 Å². The molecule has 2 rings (SSSR count). The number of aromatic nitrogens is 2. The maximum Gasteiger partial charge on any atom is 0.339 e. The first kappa shape index (κ1) is 15.5. The van der Waals surface area contributed by atoms with E-state index in [1.165, 1.54) is 30.2 Å². The van der Waals surface area contributed by atoms with E-state index in [1.807, 2.05) is 6.92 Å². The van der Waals surface area contributed by atoms with Crippen LogP contribution in [0.25, 0.3) is 0 Å². The third-order valence-electron chi connectivity index (χ3n) is 2.44. The number of methoxy groups -OCH3 is 1. The number of benzene rings is 1. The van der Waals surface area contributed by atoms with Gasteiger partial charge < -0.3 is 10.1 Å². The lowest BCUT2D eigenvalue weighted by atomic mass is 10.2. The van der Waals surface area contributed by atoms with E-state index in [4.69, 9.17) is 0 Å². The zero-order chi connectivity index (χ0) is 15.2. The van der Waals surface area contributed by atoms with Crippen LogP contribution in [0.5, 0.6) is 0 Å². The zero-order valence-electron chi connectivity index (χ0n) is 11.5. The van der Waals surface area contributed by atoms with Crippen LogP contribution in [-0.4, -0.2) is 34.9 Å². The Morgan fingerprint density at radius 2 is 2.10 bits per heavy atom. The number of carbonyl (C=O) groups excluding carboxylic acids is 2. The maximum absolute atomic E-state index is 11.9. The van der Waals surface area contributed by atoms with Crippen LogP contribution < -0.4 is 5.32 Å². The van der Waals surface area contributed by atoms with Crippen LogP contribution in [0.1, 0.15) is 15.4 Å². The average molecular weight is 323 g/mol. The zero-order valence-corrected chi connectivity index (χ0v) is 13.1. The lowest BCUT2D eigenvalue weighted by molar-refractivity contribution is -0.113. The molecule has 0 aliphatic carbocycles. The molecule has 2 aromatic rings. The Morgan fingerprint density at radius 1 is 1.33 bits per heavy atom. The highest BCUT2D eigenvalue weighted by Crippen LogP contribution is 2.22. The van der Waals surface area contributed by atoms with Crippen molar-refractivity contribution in [3.63, 3.8) is 0 Å². The summed E-state index contributed by atoms with van der Waals surface area (Å²) in [6.45, 7) is 1.86. The van der Waals surface area contributed by atoms with Gasteiger partial charge in [-0.05, 0) is 19.1 Å². The van der Waals surface area contributed by atoms with Gasteiger partial charge in [0.2, 0.25) is 5.91 Å². The van der Waals surface area contributed by atoms with Gasteiger partial charge in [0.1, 0.15) is 5.01 Å². The Bertz CT molecular complexity index is 658. The molecule has 21 heavy (non-hydrogen) atoms. The first-order chi connectivity index (χ1) is 10.1. The molecular formula is C13H13N3O3S2. The summed E-state index contributed by atoms with van der Waals surface area (Å²) >= 11 is 2.74. The molecule has 1 aromatic heterocycles. The molecular weight excluding hydrogens is 310 g/mol. The van der Waals surface area contributed by atoms with Crippen molar-refractivity contribution in [2.45, 2.75) is 11.3 Å². The van der Waals surface area contributed by atoms with Gasteiger partial charge in [-0.25, -0.2) is 4.79 Å². The highest BCUT2D eigenvalue weighted by atomic mass is 32.2. The van der Waals surface area contributed by atoms with Gasteiger partial charge in [-0.2, -0.15) is 0 Å². The van der Waals surface area contributed by atoms with Crippen molar-refractivity contribution in [3.05, 3.63) is 34.8 Å². The lowest BCUT2D eigenvalue weighted by Gasteiger charge is -2.08. The minimum atomic E-state index is -0.488. The number of ether oxygens (including phenoxy) is 1. The number of esters is 1. The van der Waals surface area contributed by atoms with Gasteiger partial charge in [0.05, 0.1) is 24.1 Å². The minimum absolute atomic E-state index is 0.199. The predicted octanol–water partition coefficient (Wildman–Crippen LogP) is 2.36. The van der Waals surface area contributed by atoms with Gasteiger partial charge in [0, 0.05) is 0 Å². The number of carbonyl (C=O) groups is 2. The Kier molecular flexibility index (Phi) is 5.29. The molecule has 0 saturated heterocycles. The summed E-state index contributed by atoms with van der Waals surface area (Å²) in [7, 11) is 1.30. The number of anilines is 1. The van der Waals surface area contributed by atoms with Crippen molar-refractivity contribution in [2.75, 3.05) is 18.2 Å². The Hall–Kier alpha value is -1.93. The molecule has 1 N–H and O–H groups in total. The van der Waals surface area contributed by atoms with Gasteiger partial charge in [-0.15, -0.1) is 10.2 Å². The quantitative estimate of drug-likeness (QED) is 0.672. The minimum Gasteiger partial charge on any atom is -0.465 e. The number of thioether (sulfide) groups is 1. The molecule has 1 aromatic carbocycles. The summed E-state index contributed by atoms with van der Waals surface area (Å²) in [6.07, 6.45) is 0. The molecule has 0 unspecified atom stereocenters. The van der Waals surface area contributed by atoms with Crippen LogP contribution in [0.15, 0.2) is 28.6 Å². The smallest absolute Gasteiger partial charge is 0.339 e. The second kappa shape index (κ2) is 7.19. The molecule has 0 radical (unpaired) electrons. The normalized spacial score (nSPS) is 10.2. The lowest BCUT2D eigenvalue weighted by Crippen LogP contribution is -2.17. The highest BCUT2D eigenvalue weighted by Gasteiger charge is 2.13. The van der Waals surface area contributed by atoms with E-state index in [9.17, 15) is 9.59 Å². The monoisotopic (exact) mass is 323 g/mol. The Morgan fingerprint density at radius 3 is 2.76 bits per heavy atom. The third kappa shape index (κ3) is 4.27. The Balaban J connectivity index is 1.98. The molecule has 8 heteroatoms. The molecule has 0 fully saturated rings. The van der Waals surface area contributed by atoms with Gasteiger partial charge in [-0.3, -0.25) is 4.79 Å². The van der Waals surface area contributed by atoms with Gasteiger partial charge in [0.25, 0.3) is 0 Å². The van der Waals surface area contributed by atoms with E-state index >= 15 is 0 Å². The van der Waals surface area contributed by atoms with E-state index in [0.29, 0.717) is 11.3 Å². The van der Waals surface area contributed by atoms with Crippen molar-refractivity contribution < 1.29 is 14.3 Å². The maximum atomic E-state index is 11.9. The fourth-order valence-electron chi connectivity index (χ4n) is 1.53. The standard InChI is InChI=1S/C13H13N3O3S2/c1-8-15-16-13(21-8)20-7-11(17)14-10-6-4-3-5-9(10)12(18)19-2/h3-6H,7H2,1-2H3,(H,14,17). The molecule has 0 atom stereocenters. The van der Waals surface area contributed by atoms with Gasteiger partial charge in [0.15, 0.2) is 4.34 Å². The first-order valence-corrected chi connectivity index (χ1v) is 7.80. The summed E-state index contributed by atoms with van der Waals surface area (Å²) in [6, 6.07) is 6.70. The van der Waals surface area contributed by atoms with Crippen molar-refractivity contribution >= 4 is 40.7 Å². The van der Waals surface area contributed by atoms with Gasteiger partial charge in [-0.1, -0.05) is 35.2 Å². The van der Waals surface area contributed by atoms with Crippen molar-refractivity contribution in [2.24, 2.45) is 0 Å². The highest BCUT2D eigenvalue weighted by molar-refractivity contribution is 8.01. The topological polar surface area (TPSA) is 81.2 Å². The molecule has 1 amide bonds. The van der Waals surface area contributed by atoms with E-state index < -0.39 is 5.97 Å². The fraction of sp³-hybridized carbons (Fsp3) is 0.231. The molecule has 0 spiro atoms. The number of aryl methyl sites for hydroxylation is 1. The van der Waals surface area contributed by atoms with Crippen LogP contribution in [-0.2, 0) is 9.53 Å². The SMILES string of the molecule is COC(=O)c1ccccc1NC(=O)CSc1nnc(C)s1. The van der Waals surface area contributed by atoms with E-state index in [2.05, 4.69) is 20.3 Å². The van der Waals surface area contributed by atoms with Crippen molar-refractivity contribution in [3.8, 4) is 0 Å². The molecule has 1 heterocycles. The van der Waals surface area contributed by atoms with E-state index in [1.54, 1.807) is 24.3 Å². The molecule has 0 aliphatic rings. The van der Waals surface area contributed by atoms with Crippen LogP contribution in [0, 0.1) is 6.92 Å². The molecule has 0 saturated carbocycles. The van der Waals surface area contributed by atoms with E-state index in [0.717, 1.165) is 9.35 Å². The third-order valence-corrected chi connectivity index (χ3v) is 4.41. The molecule has 110 valence electrons. The van der Waals surface area contributed by atoms with Crippen LogP contribution in [0.3, 0.4) is 0 Å². The van der Waals surface area contributed by atoms with Crippen LogP contribution >= 0.6 is 23.1 Å². The summed E-state index contributed by atoms with van der Waals surface area (Å²) < 4.78 is 5.42. The number of nitrogens with zero attached hydrogens (tertiary/aromatic N) is 2. The molecule has 6 nitrogen and oxygen atoms in total. The second-order valence-electron chi connectivity index (χ2n) is 3.96. The summed E-state index contributed by atoms with van der Waals surface area (Å²) in [5, 5.41) is 11.4. The Labute approximate surface area is 129 Å². The van der Waals surface area contributed by atoms with Gasteiger partial charge >= 0.3 is 5.97 Å². The summed E-state index contributed by atoms with van der Waals surface area (Å²) in [5.74, 6) is -0.507. The number of hydrogen-bond donors (Lipinski definition) is 1. The summed E-state index contributed by atoms with van der Waals surface area (Å²) in [5.41, 5.74) is 0.758. The first-order valence-electron chi connectivity index (χ1n) is 6.00. The summed E-state index contributed by atoms with van der Waals surface area (Å²) in [4.78, 5) is 23.5. The second-order valence-corrected chi connectivity index (χ2v) is 6.37.